The van der Waals surface area contributed by atoms with E-state index in [0.717, 1.165) is 12.1 Å². The fourth-order valence-electron chi connectivity index (χ4n) is 3.20. The van der Waals surface area contributed by atoms with E-state index < -0.39 is 5.82 Å². The Kier molecular flexibility index (Phi) is 8.00. The van der Waals surface area contributed by atoms with Crippen molar-refractivity contribution in [2.45, 2.75) is 46.7 Å². The van der Waals surface area contributed by atoms with E-state index in [1.165, 1.54) is 24.3 Å². The average molecular weight is 402 g/mol. The molecule has 0 unspecified atom stereocenters. The minimum absolute atomic E-state index is 0.00234. The predicted octanol–water partition coefficient (Wildman–Crippen LogP) is 4.09. The first-order valence-electron chi connectivity index (χ1n) is 10.2. The van der Waals surface area contributed by atoms with Gasteiger partial charge in [-0.15, -0.1) is 0 Å². The van der Waals surface area contributed by atoms with Crippen LogP contribution in [0.2, 0.25) is 0 Å². The van der Waals surface area contributed by atoms with Crippen molar-refractivity contribution in [2.75, 3.05) is 13.1 Å². The van der Waals surface area contributed by atoms with Gasteiger partial charge in [-0.3, -0.25) is 9.59 Å². The van der Waals surface area contributed by atoms with Gasteiger partial charge in [0.1, 0.15) is 12.4 Å². The summed E-state index contributed by atoms with van der Waals surface area (Å²) in [6.07, 6.45) is 2.68. The van der Waals surface area contributed by atoms with Crippen LogP contribution in [0.1, 0.15) is 50.2 Å². The quantitative estimate of drug-likeness (QED) is 0.635. The number of hydrogen-bond acceptors (Lipinski definition) is 2. The summed E-state index contributed by atoms with van der Waals surface area (Å²) in [4.78, 5) is 29.6. The molecule has 1 heterocycles. The topological polar surface area (TPSA) is 45.6 Å². The summed E-state index contributed by atoms with van der Waals surface area (Å²) >= 11 is 0. The highest BCUT2D eigenvalue weighted by Gasteiger charge is 2.26. The van der Waals surface area contributed by atoms with Crippen LogP contribution in [0, 0.1) is 11.7 Å². The van der Waals surface area contributed by atoms with E-state index in [9.17, 15) is 14.0 Å². The van der Waals surface area contributed by atoms with Gasteiger partial charge < -0.3 is 14.4 Å². The second kappa shape index (κ2) is 10.2. The molecule has 0 saturated heterocycles. The molecule has 2 rings (SSSR count). The Labute approximate surface area is 173 Å². The lowest BCUT2D eigenvalue weighted by molar-refractivity contribution is -0.133. The van der Waals surface area contributed by atoms with Crippen LogP contribution in [0.3, 0.4) is 0 Å². The van der Waals surface area contributed by atoms with Gasteiger partial charge in [0.2, 0.25) is 5.91 Å². The molecule has 0 aliphatic rings. The number of carbonyl (C=O) groups excluding carboxylic acids is 2. The van der Waals surface area contributed by atoms with Crippen LogP contribution < -0.4 is 0 Å². The molecule has 1 aromatic carbocycles. The van der Waals surface area contributed by atoms with Crippen LogP contribution in [0.4, 0.5) is 4.39 Å². The highest BCUT2D eigenvalue weighted by molar-refractivity contribution is 5.96. The molecule has 6 heteroatoms. The smallest absolute Gasteiger partial charge is 0.254 e. The number of aromatic nitrogens is 1. The zero-order valence-electron chi connectivity index (χ0n) is 18.1. The SMILES string of the molecule is CC[C@H](C)N(CC(=O)N(Cc1cccn1C)CC(C)C)C(=O)c1ccc(F)cc1. The number of aryl methyl sites for hydroxylation is 1. The van der Waals surface area contributed by atoms with Gasteiger partial charge in [-0.25, -0.2) is 4.39 Å². The molecule has 2 aromatic rings. The van der Waals surface area contributed by atoms with Crippen molar-refractivity contribution in [1.82, 2.24) is 14.4 Å². The highest BCUT2D eigenvalue weighted by Crippen LogP contribution is 2.14. The lowest BCUT2D eigenvalue weighted by Crippen LogP contribution is -2.47. The first-order chi connectivity index (χ1) is 13.7. The number of amides is 2. The Morgan fingerprint density at radius 1 is 1.10 bits per heavy atom. The van der Waals surface area contributed by atoms with Gasteiger partial charge in [0, 0.05) is 37.1 Å². The third kappa shape index (κ3) is 6.17. The largest absolute Gasteiger partial charge is 0.353 e. The minimum Gasteiger partial charge on any atom is -0.353 e. The van der Waals surface area contributed by atoms with Gasteiger partial charge >= 0.3 is 0 Å². The summed E-state index contributed by atoms with van der Waals surface area (Å²) < 4.78 is 15.2. The Balaban J connectivity index is 2.22. The monoisotopic (exact) mass is 401 g/mol. The average Bonchev–Trinajstić information content (AvgIpc) is 3.09. The molecule has 0 aliphatic carbocycles. The van der Waals surface area contributed by atoms with E-state index >= 15 is 0 Å². The lowest BCUT2D eigenvalue weighted by atomic mass is 10.1. The van der Waals surface area contributed by atoms with Gasteiger partial charge in [-0.2, -0.15) is 0 Å². The first kappa shape index (κ1) is 22.7. The summed E-state index contributed by atoms with van der Waals surface area (Å²) in [6, 6.07) is 9.32. The maximum atomic E-state index is 13.2. The molecular weight excluding hydrogens is 369 g/mol. The second-order valence-electron chi connectivity index (χ2n) is 7.98. The van der Waals surface area contributed by atoms with E-state index in [1.807, 2.05) is 48.7 Å². The summed E-state index contributed by atoms with van der Waals surface area (Å²) in [5.74, 6) is -0.422. The van der Waals surface area contributed by atoms with E-state index in [2.05, 4.69) is 13.8 Å². The number of carbonyl (C=O) groups is 2. The molecule has 0 N–H and O–H groups in total. The third-order valence-corrected chi connectivity index (χ3v) is 5.12. The molecule has 0 aliphatic heterocycles. The zero-order valence-corrected chi connectivity index (χ0v) is 18.1. The van der Waals surface area contributed by atoms with Crippen molar-refractivity contribution in [1.29, 1.82) is 0 Å². The van der Waals surface area contributed by atoms with Crippen molar-refractivity contribution < 1.29 is 14.0 Å². The lowest BCUT2D eigenvalue weighted by Gasteiger charge is -2.32. The van der Waals surface area contributed by atoms with Crippen molar-refractivity contribution in [2.24, 2.45) is 13.0 Å². The van der Waals surface area contributed by atoms with Crippen LogP contribution >= 0.6 is 0 Å². The summed E-state index contributed by atoms with van der Waals surface area (Å²) in [5, 5.41) is 0. The Hall–Kier alpha value is -2.63. The summed E-state index contributed by atoms with van der Waals surface area (Å²) in [6.45, 7) is 9.17. The molecule has 0 bridgehead atoms. The number of benzene rings is 1. The van der Waals surface area contributed by atoms with Gasteiger partial charge in [-0.1, -0.05) is 20.8 Å². The second-order valence-corrected chi connectivity index (χ2v) is 7.98. The Bertz CT molecular complexity index is 814. The Morgan fingerprint density at radius 2 is 1.76 bits per heavy atom. The normalized spacial score (nSPS) is 12.1. The molecule has 0 saturated carbocycles. The first-order valence-corrected chi connectivity index (χ1v) is 10.2. The van der Waals surface area contributed by atoms with Crippen molar-refractivity contribution in [3.63, 3.8) is 0 Å². The number of halogens is 1. The van der Waals surface area contributed by atoms with Gasteiger partial charge in [-0.05, 0) is 55.7 Å². The molecule has 2 amide bonds. The highest BCUT2D eigenvalue weighted by atomic mass is 19.1. The molecule has 0 spiro atoms. The molecule has 1 aromatic heterocycles. The van der Waals surface area contributed by atoms with E-state index in [1.54, 1.807) is 4.90 Å². The maximum Gasteiger partial charge on any atom is 0.254 e. The summed E-state index contributed by atoms with van der Waals surface area (Å²) in [7, 11) is 1.96. The Morgan fingerprint density at radius 3 is 2.28 bits per heavy atom. The minimum atomic E-state index is -0.390. The molecule has 0 fully saturated rings. The van der Waals surface area contributed by atoms with Crippen molar-refractivity contribution in [3.05, 3.63) is 59.7 Å². The van der Waals surface area contributed by atoms with Gasteiger partial charge in [0.15, 0.2) is 0 Å². The molecule has 158 valence electrons. The van der Waals surface area contributed by atoms with Crippen molar-refractivity contribution in [3.8, 4) is 0 Å². The maximum absolute atomic E-state index is 13.2. The zero-order chi connectivity index (χ0) is 21.6. The van der Waals surface area contributed by atoms with Crippen LogP contribution in [0.15, 0.2) is 42.6 Å². The fraction of sp³-hybridized carbons (Fsp3) is 0.478. The molecule has 0 radical (unpaired) electrons. The van der Waals surface area contributed by atoms with Crippen LogP contribution in [-0.4, -0.2) is 45.3 Å². The summed E-state index contributed by atoms with van der Waals surface area (Å²) in [5.41, 5.74) is 1.43. The van der Waals surface area contributed by atoms with E-state index in [4.69, 9.17) is 0 Å². The van der Waals surface area contributed by atoms with Crippen molar-refractivity contribution >= 4 is 11.8 Å². The van der Waals surface area contributed by atoms with Crippen LogP contribution in [0.5, 0.6) is 0 Å². The van der Waals surface area contributed by atoms with E-state index in [-0.39, 0.29) is 24.4 Å². The number of hydrogen-bond donors (Lipinski definition) is 0. The number of rotatable bonds is 9. The molecule has 29 heavy (non-hydrogen) atoms. The van der Waals surface area contributed by atoms with E-state index in [0.29, 0.717) is 24.6 Å². The molecule has 5 nitrogen and oxygen atoms in total. The standard InChI is InChI=1S/C23H32FN3O2/c1-6-18(4)27(23(29)19-9-11-20(24)12-10-19)16-22(28)26(14-17(2)3)15-21-8-7-13-25(21)5/h7-13,17-18H,6,14-16H2,1-5H3/t18-/m0/s1. The van der Waals surface area contributed by atoms with Crippen LogP contribution in [-0.2, 0) is 18.4 Å². The molecular formula is C23H32FN3O2. The third-order valence-electron chi connectivity index (χ3n) is 5.12. The van der Waals surface area contributed by atoms with Gasteiger partial charge in [0.25, 0.3) is 5.91 Å². The fourth-order valence-corrected chi connectivity index (χ4v) is 3.20. The van der Waals surface area contributed by atoms with Gasteiger partial charge in [0.05, 0.1) is 6.54 Å². The predicted molar refractivity (Wildman–Crippen MR) is 113 cm³/mol. The molecule has 1 atom stereocenters. The van der Waals surface area contributed by atoms with Crippen LogP contribution in [0.25, 0.3) is 0 Å². The number of nitrogens with zero attached hydrogens (tertiary/aromatic N) is 3.